The fraction of sp³-hybridized carbons (Fsp3) is 0.478. The Morgan fingerprint density at radius 2 is 1.62 bits per heavy atom. The first-order valence-corrected chi connectivity index (χ1v) is 9.92. The van der Waals surface area contributed by atoms with Gasteiger partial charge in [-0.05, 0) is 42.2 Å². The standard InChI is InChI=1S/C23H32N2O2.2ClH/c1-18(2)20-10-9-19(3)23(17-20)27-16-15-24-11-13-25(14-12-24)21-7-5-6-8-22(21)26-4;;/h5-10,17-18H,11-16H2,1-4H3;2*1H. The Morgan fingerprint density at radius 1 is 0.931 bits per heavy atom. The van der Waals surface area contributed by atoms with E-state index in [1.807, 2.05) is 12.1 Å². The van der Waals surface area contributed by atoms with E-state index in [0.717, 1.165) is 50.8 Å². The lowest BCUT2D eigenvalue weighted by molar-refractivity contribution is 0.199. The molecule has 0 aliphatic carbocycles. The molecule has 4 nitrogen and oxygen atoms in total. The molecule has 0 spiro atoms. The van der Waals surface area contributed by atoms with Gasteiger partial charge in [-0.25, -0.2) is 0 Å². The molecule has 0 saturated carbocycles. The van der Waals surface area contributed by atoms with Crippen molar-refractivity contribution in [2.45, 2.75) is 26.7 Å². The zero-order valence-electron chi connectivity index (χ0n) is 17.9. The molecule has 0 atom stereocenters. The third kappa shape index (κ3) is 6.70. The van der Waals surface area contributed by atoms with Crippen molar-refractivity contribution in [1.82, 2.24) is 4.90 Å². The summed E-state index contributed by atoms with van der Waals surface area (Å²) in [5.41, 5.74) is 3.73. The third-order valence-electron chi connectivity index (χ3n) is 5.34. The molecule has 3 rings (SSSR count). The molecule has 0 N–H and O–H groups in total. The fourth-order valence-corrected chi connectivity index (χ4v) is 3.52. The summed E-state index contributed by atoms with van der Waals surface area (Å²) < 4.78 is 11.6. The minimum absolute atomic E-state index is 0. The first kappa shape index (κ1) is 25.4. The SMILES string of the molecule is COc1ccccc1N1CCN(CCOc2cc(C(C)C)ccc2C)CC1.Cl.Cl. The number of methoxy groups -OCH3 is 1. The summed E-state index contributed by atoms with van der Waals surface area (Å²) in [4.78, 5) is 4.89. The summed E-state index contributed by atoms with van der Waals surface area (Å²) in [6, 6.07) is 14.8. The number of aryl methyl sites for hydroxylation is 1. The summed E-state index contributed by atoms with van der Waals surface area (Å²) in [7, 11) is 1.74. The topological polar surface area (TPSA) is 24.9 Å². The number of piperazine rings is 1. The molecule has 0 aromatic heterocycles. The molecule has 1 aliphatic rings. The smallest absolute Gasteiger partial charge is 0.142 e. The minimum atomic E-state index is 0. The van der Waals surface area contributed by atoms with E-state index in [0.29, 0.717) is 5.92 Å². The van der Waals surface area contributed by atoms with E-state index in [1.165, 1.54) is 16.8 Å². The van der Waals surface area contributed by atoms with Gasteiger partial charge in [0, 0.05) is 32.7 Å². The van der Waals surface area contributed by atoms with E-state index < -0.39 is 0 Å². The van der Waals surface area contributed by atoms with Gasteiger partial charge in [0.1, 0.15) is 18.1 Å². The number of nitrogens with zero attached hydrogens (tertiary/aromatic N) is 2. The van der Waals surface area contributed by atoms with Crippen molar-refractivity contribution in [3.8, 4) is 11.5 Å². The summed E-state index contributed by atoms with van der Waals surface area (Å²) in [5.74, 6) is 2.50. The van der Waals surface area contributed by atoms with Crippen molar-refractivity contribution in [2.24, 2.45) is 0 Å². The van der Waals surface area contributed by atoms with Crippen LogP contribution in [0.4, 0.5) is 5.69 Å². The number of ether oxygens (including phenoxy) is 2. The Labute approximate surface area is 188 Å². The van der Waals surface area contributed by atoms with Crippen LogP contribution in [0.3, 0.4) is 0 Å². The van der Waals surface area contributed by atoms with Crippen LogP contribution in [0.25, 0.3) is 0 Å². The number of halogens is 2. The average Bonchev–Trinajstić information content (AvgIpc) is 2.69. The zero-order valence-corrected chi connectivity index (χ0v) is 19.5. The van der Waals surface area contributed by atoms with Crippen molar-refractivity contribution in [1.29, 1.82) is 0 Å². The molecule has 6 heteroatoms. The van der Waals surface area contributed by atoms with E-state index in [9.17, 15) is 0 Å². The van der Waals surface area contributed by atoms with Gasteiger partial charge < -0.3 is 14.4 Å². The predicted molar refractivity (Wildman–Crippen MR) is 127 cm³/mol. The third-order valence-corrected chi connectivity index (χ3v) is 5.34. The Hall–Kier alpha value is -1.62. The second-order valence-electron chi connectivity index (χ2n) is 7.53. The number of para-hydroxylation sites is 2. The number of hydrogen-bond donors (Lipinski definition) is 0. The second-order valence-corrected chi connectivity index (χ2v) is 7.53. The lowest BCUT2D eigenvalue weighted by atomic mass is 10.0. The quantitative estimate of drug-likeness (QED) is 0.592. The summed E-state index contributed by atoms with van der Waals surface area (Å²) in [6.45, 7) is 12.4. The zero-order chi connectivity index (χ0) is 19.2. The maximum atomic E-state index is 6.10. The van der Waals surface area contributed by atoms with Gasteiger partial charge in [-0.3, -0.25) is 4.90 Å². The highest BCUT2D eigenvalue weighted by Crippen LogP contribution is 2.28. The van der Waals surface area contributed by atoms with Crippen LogP contribution in [-0.2, 0) is 0 Å². The van der Waals surface area contributed by atoms with Crippen LogP contribution < -0.4 is 14.4 Å². The molecule has 1 aliphatic heterocycles. The maximum Gasteiger partial charge on any atom is 0.142 e. The van der Waals surface area contributed by atoms with Gasteiger partial charge in [-0.2, -0.15) is 0 Å². The Balaban J connectivity index is 0.00000210. The highest BCUT2D eigenvalue weighted by molar-refractivity contribution is 5.85. The fourth-order valence-electron chi connectivity index (χ4n) is 3.52. The number of hydrogen-bond acceptors (Lipinski definition) is 4. The normalized spacial score (nSPS) is 14.2. The van der Waals surface area contributed by atoms with Gasteiger partial charge >= 0.3 is 0 Å². The van der Waals surface area contributed by atoms with E-state index >= 15 is 0 Å². The van der Waals surface area contributed by atoms with Crippen LogP contribution in [0.5, 0.6) is 11.5 Å². The van der Waals surface area contributed by atoms with Gasteiger partial charge in [0.15, 0.2) is 0 Å². The molecule has 0 amide bonds. The first-order valence-electron chi connectivity index (χ1n) is 9.92. The molecule has 1 saturated heterocycles. The van der Waals surface area contributed by atoms with Crippen LogP contribution in [-0.4, -0.2) is 51.3 Å². The van der Waals surface area contributed by atoms with Crippen molar-refractivity contribution in [3.63, 3.8) is 0 Å². The van der Waals surface area contributed by atoms with Crippen molar-refractivity contribution in [2.75, 3.05) is 51.3 Å². The molecule has 0 bridgehead atoms. The maximum absolute atomic E-state index is 6.10. The molecule has 2 aromatic rings. The molecule has 1 fully saturated rings. The number of rotatable bonds is 7. The molecule has 1 heterocycles. The van der Waals surface area contributed by atoms with Gasteiger partial charge in [0.2, 0.25) is 0 Å². The van der Waals surface area contributed by atoms with Gasteiger partial charge in [0.05, 0.1) is 12.8 Å². The van der Waals surface area contributed by atoms with Gasteiger partial charge in [-0.1, -0.05) is 38.1 Å². The largest absolute Gasteiger partial charge is 0.495 e. The van der Waals surface area contributed by atoms with Crippen LogP contribution in [0.1, 0.15) is 30.9 Å². The summed E-state index contributed by atoms with van der Waals surface area (Å²) in [5, 5.41) is 0. The Kier molecular flexibility index (Phi) is 10.7. The van der Waals surface area contributed by atoms with Crippen LogP contribution >= 0.6 is 24.8 Å². The van der Waals surface area contributed by atoms with E-state index in [2.05, 4.69) is 60.9 Å². The van der Waals surface area contributed by atoms with Crippen LogP contribution in [0.15, 0.2) is 42.5 Å². The average molecular weight is 441 g/mol. The monoisotopic (exact) mass is 440 g/mol. The highest BCUT2D eigenvalue weighted by atomic mass is 35.5. The molecule has 29 heavy (non-hydrogen) atoms. The number of anilines is 1. The molecule has 0 unspecified atom stereocenters. The molecule has 0 radical (unpaired) electrons. The van der Waals surface area contributed by atoms with Gasteiger partial charge in [0.25, 0.3) is 0 Å². The minimum Gasteiger partial charge on any atom is -0.495 e. The van der Waals surface area contributed by atoms with Crippen LogP contribution in [0, 0.1) is 6.92 Å². The Morgan fingerprint density at radius 3 is 2.28 bits per heavy atom. The van der Waals surface area contributed by atoms with E-state index in [1.54, 1.807) is 7.11 Å². The van der Waals surface area contributed by atoms with Gasteiger partial charge in [-0.15, -0.1) is 24.8 Å². The molecule has 2 aromatic carbocycles. The first-order chi connectivity index (χ1) is 13.1. The van der Waals surface area contributed by atoms with Crippen LogP contribution in [0.2, 0.25) is 0 Å². The van der Waals surface area contributed by atoms with Crippen molar-refractivity contribution < 1.29 is 9.47 Å². The second kappa shape index (κ2) is 12.2. The van der Waals surface area contributed by atoms with Crippen molar-refractivity contribution in [3.05, 3.63) is 53.6 Å². The summed E-state index contributed by atoms with van der Waals surface area (Å²) >= 11 is 0. The predicted octanol–water partition coefficient (Wildman–Crippen LogP) is 5.17. The van der Waals surface area contributed by atoms with Crippen molar-refractivity contribution >= 4 is 30.5 Å². The lowest BCUT2D eigenvalue weighted by Gasteiger charge is -2.36. The lowest BCUT2D eigenvalue weighted by Crippen LogP contribution is -2.47. The number of benzene rings is 2. The molecule has 162 valence electrons. The molecular formula is C23H34Cl2N2O2. The summed E-state index contributed by atoms with van der Waals surface area (Å²) in [6.07, 6.45) is 0. The molecular weight excluding hydrogens is 407 g/mol. The van der Waals surface area contributed by atoms with E-state index in [4.69, 9.17) is 9.47 Å². The van der Waals surface area contributed by atoms with E-state index in [-0.39, 0.29) is 24.8 Å². The highest BCUT2D eigenvalue weighted by Gasteiger charge is 2.19. The Bertz CT molecular complexity index is 747.